The molecule has 8 heteroatoms. The number of nitrogens with one attached hydrogen (secondary N) is 1. The lowest BCUT2D eigenvalue weighted by molar-refractivity contribution is -0.125. The number of hydrogen-bond donors (Lipinski definition) is 1. The minimum atomic E-state index is -4.04. The molecular weight excluding hydrogens is 502 g/mol. The lowest BCUT2D eigenvalue weighted by Gasteiger charge is -2.21. The summed E-state index contributed by atoms with van der Waals surface area (Å²) in [5.74, 6) is -1.91. The third-order valence-electron chi connectivity index (χ3n) is 6.23. The number of rotatable bonds is 5. The number of amides is 1. The van der Waals surface area contributed by atoms with Gasteiger partial charge in [0.2, 0.25) is 15.9 Å². The van der Waals surface area contributed by atoms with Crippen molar-refractivity contribution in [1.29, 1.82) is 0 Å². The average molecular weight is 526 g/mol. The third kappa shape index (κ3) is 4.62. The fourth-order valence-corrected chi connectivity index (χ4v) is 6.22. The van der Waals surface area contributed by atoms with E-state index in [1.807, 2.05) is 19.9 Å². The van der Waals surface area contributed by atoms with Gasteiger partial charge in [0.25, 0.3) is 5.91 Å². The Labute approximate surface area is 220 Å². The highest BCUT2D eigenvalue weighted by Crippen LogP contribution is 2.35. The molecule has 1 aliphatic heterocycles. The van der Waals surface area contributed by atoms with E-state index in [1.165, 1.54) is 30.3 Å². The lowest BCUT2D eigenvalue weighted by atomic mass is 10.0. The Morgan fingerprint density at radius 1 is 0.763 bits per heavy atom. The highest BCUT2D eigenvalue weighted by Gasteiger charge is 2.35. The first-order chi connectivity index (χ1) is 18.1. The molecule has 0 bridgehead atoms. The molecule has 1 heterocycles. The number of aryl methyl sites for hydroxylation is 2. The number of anilines is 1. The Hall–Kier alpha value is -4.56. The van der Waals surface area contributed by atoms with Gasteiger partial charge in [-0.05, 0) is 67.4 Å². The van der Waals surface area contributed by atoms with Crippen molar-refractivity contribution >= 4 is 33.2 Å². The number of carbonyl (C=O) groups is 3. The maximum atomic E-state index is 13.3. The van der Waals surface area contributed by atoms with E-state index in [-0.39, 0.29) is 26.5 Å². The van der Waals surface area contributed by atoms with Crippen LogP contribution in [0, 0.1) is 13.8 Å². The Kier molecular flexibility index (Phi) is 6.42. The van der Waals surface area contributed by atoms with E-state index in [2.05, 4.69) is 5.32 Å². The smallest absolute Gasteiger partial charge is 0.339 e. The van der Waals surface area contributed by atoms with Crippen molar-refractivity contribution < 1.29 is 27.5 Å². The first kappa shape index (κ1) is 25.1. The molecule has 0 saturated heterocycles. The Morgan fingerprint density at radius 2 is 1.39 bits per heavy atom. The number of ketones is 1. The van der Waals surface area contributed by atoms with Gasteiger partial charge in [0.1, 0.15) is 0 Å². The summed E-state index contributed by atoms with van der Waals surface area (Å²) in [6.45, 7) is 3.81. The predicted molar refractivity (Wildman–Crippen MR) is 141 cm³/mol. The summed E-state index contributed by atoms with van der Waals surface area (Å²) >= 11 is 0. The molecule has 1 atom stereocenters. The molecule has 1 aliphatic rings. The van der Waals surface area contributed by atoms with E-state index in [0.29, 0.717) is 11.3 Å². The van der Waals surface area contributed by atoms with Crippen molar-refractivity contribution in [1.82, 2.24) is 0 Å². The number of esters is 1. The number of benzene rings is 4. The Morgan fingerprint density at radius 3 is 2.11 bits per heavy atom. The molecule has 0 unspecified atom stereocenters. The van der Waals surface area contributed by atoms with Crippen LogP contribution in [0.25, 0.3) is 0 Å². The molecule has 0 saturated carbocycles. The van der Waals surface area contributed by atoms with Gasteiger partial charge in [-0.25, -0.2) is 13.2 Å². The Balaban J connectivity index is 1.47. The average Bonchev–Trinajstić information content (AvgIpc) is 2.90. The van der Waals surface area contributed by atoms with E-state index in [1.54, 1.807) is 48.5 Å². The first-order valence-corrected chi connectivity index (χ1v) is 13.3. The standard InChI is InChI=1S/C30H23NO6S/c1-18-14-19(2)16-22(15-18)31-29(33)28(20-8-4-3-5-9-20)37-30(34)21-12-13-24-26(17-21)38(35,36)25-11-7-6-10-23(25)27(24)32/h3-17,28H,1-2H3,(H,31,33)/t28-/m1/s1. The zero-order valence-electron chi connectivity index (χ0n) is 20.6. The zero-order chi connectivity index (χ0) is 27.0. The van der Waals surface area contributed by atoms with Gasteiger partial charge in [0.15, 0.2) is 5.78 Å². The topological polar surface area (TPSA) is 107 Å². The van der Waals surface area contributed by atoms with Gasteiger partial charge >= 0.3 is 5.97 Å². The molecule has 0 spiro atoms. The van der Waals surface area contributed by atoms with Gasteiger partial charge in [-0.3, -0.25) is 9.59 Å². The van der Waals surface area contributed by atoms with E-state index in [4.69, 9.17) is 4.74 Å². The summed E-state index contributed by atoms with van der Waals surface area (Å²) in [6, 6.07) is 23.8. The maximum absolute atomic E-state index is 13.3. The van der Waals surface area contributed by atoms with Crippen molar-refractivity contribution in [3.63, 3.8) is 0 Å². The summed E-state index contributed by atoms with van der Waals surface area (Å²) in [6.07, 6.45) is -1.31. The normalized spacial score (nSPS) is 14.1. The highest BCUT2D eigenvalue weighted by atomic mass is 32.2. The number of hydrogen-bond acceptors (Lipinski definition) is 6. The molecule has 1 N–H and O–H groups in total. The van der Waals surface area contributed by atoms with Gasteiger partial charge in [-0.15, -0.1) is 0 Å². The summed E-state index contributed by atoms with van der Waals surface area (Å²) in [5.41, 5.74) is 2.88. The van der Waals surface area contributed by atoms with Crippen LogP contribution in [0.5, 0.6) is 0 Å². The summed E-state index contributed by atoms with van der Waals surface area (Å²) in [7, 11) is -4.04. The molecule has 4 aromatic carbocycles. The van der Waals surface area contributed by atoms with Crippen LogP contribution in [0.1, 0.15) is 49.1 Å². The van der Waals surface area contributed by atoms with Gasteiger partial charge in [-0.1, -0.05) is 48.5 Å². The number of ether oxygens (including phenoxy) is 1. The van der Waals surface area contributed by atoms with Crippen LogP contribution in [0.2, 0.25) is 0 Å². The summed E-state index contributed by atoms with van der Waals surface area (Å²) in [4.78, 5) is 39.1. The minimum absolute atomic E-state index is 0.0209. The third-order valence-corrected chi connectivity index (χ3v) is 8.08. The molecule has 0 fully saturated rings. The van der Waals surface area contributed by atoms with Crippen molar-refractivity contribution in [3.8, 4) is 0 Å². The van der Waals surface area contributed by atoms with E-state index >= 15 is 0 Å². The fourth-order valence-electron chi connectivity index (χ4n) is 4.54. The van der Waals surface area contributed by atoms with Crippen LogP contribution in [0.15, 0.2) is 101 Å². The predicted octanol–water partition coefficient (Wildman–Crippen LogP) is 5.22. The summed E-state index contributed by atoms with van der Waals surface area (Å²) < 4.78 is 32.2. The quantitative estimate of drug-likeness (QED) is 0.316. The second-order valence-electron chi connectivity index (χ2n) is 9.10. The van der Waals surface area contributed by atoms with Gasteiger partial charge < -0.3 is 10.1 Å². The van der Waals surface area contributed by atoms with Gasteiger partial charge in [0.05, 0.1) is 15.4 Å². The van der Waals surface area contributed by atoms with Crippen molar-refractivity contribution in [2.45, 2.75) is 29.7 Å². The fraction of sp³-hybridized carbons (Fsp3) is 0.100. The first-order valence-electron chi connectivity index (χ1n) is 11.8. The molecule has 190 valence electrons. The van der Waals surface area contributed by atoms with Crippen LogP contribution in [-0.4, -0.2) is 26.1 Å². The van der Waals surface area contributed by atoms with Crippen LogP contribution in [0.4, 0.5) is 5.69 Å². The molecule has 0 aromatic heterocycles. The maximum Gasteiger partial charge on any atom is 0.339 e. The van der Waals surface area contributed by atoms with E-state index in [9.17, 15) is 22.8 Å². The van der Waals surface area contributed by atoms with Crippen molar-refractivity contribution in [2.75, 3.05) is 5.32 Å². The molecule has 4 aromatic rings. The van der Waals surface area contributed by atoms with Crippen LogP contribution in [0.3, 0.4) is 0 Å². The minimum Gasteiger partial charge on any atom is -0.444 e. The zero-order valence-corrected chi connectivity index (χ0v) is 21.4. The number of sulfone groups is 1. The monoisotopic (exact) mass is 525 g/mol. The van der Waals surface area contributed by atoms with Crippen LogP contribution < -0.4 is 5.32 Å². The van der Waals surface area contributed by atoms with E-state index in [0.717, 1.165) is 17.2 Å². The van der Waals surface area contributed by atoms with Gasteiger partial charge in [0, 0.05) is 22.4 Å². The molecule has 0 aliphatic carbocycles. The molecular formula is C30H23NO6S. The molecule has 1 amide bonds. The highest BCUT2D eigenvalue weighted by molar-refractivity contribution is 7.91. The van der Waals surface area contributed by atoms with Crippen LogP contribution in [-0.2, 0) is 19.4 Å². The lowest BCUT2D eigenvalue weighted by Crippen LogP contribution is -2.26. The largest absolute Gasteiger partial charge is 0.444 e. The second kappa shape index (κ2) is 9.72. The molecule has 0 radical (unpaired) electrons. The van der Waals surface area contributed by atoms with Crippen molar-refractivity contribution in [2.24, 2.45) is 0 Å². The van der Waals surface area contributed by atoms with E-state index < -0.39 is 33.6 Å². The molecule has 38 heavy (non-hydrogen) atoms. The van der Waals surface area contributed by atoms with Crippen molar-refractivity contribution in [3.05, 3.63) is 124 Å². The van der Waals surface area contributed by atoms with Crippen LogP contribution >= 0.6 is 0 Å². The summed E-state index contributed by atoms with van der Waals surface area (Å²) in [5, 5.41) is 2.80. The second-order valence-corrected chi connectivity index (χ2v) is 11.0. The molecule has 7 nitrogen and oxygen atoms in total. The Bertz CT molecular complexity index is 1690. The molecule has 5 rings (SSSR count). The van der Waals surface area contributed by atoms with Gasteiger partial charge in [-0.2, -0.15) is 0 Å². The number of carbonyl (C=O) groups excluding carboxylic acids is 3. The number of fused-ring (bicyclic) bond motifs is 2. The SMILES string of the molecule is Cc1cc(C)cc(NC(=O)[C@H](OC(=O)c2ccc3c(c2)S(=O)(=O)c2ccccc2C3=O)c2ccccc2)c1.